The molecule has 0 saturated heterocycles. The molecular weight excluding hydrogens is 323 g/mol. The molecular formula is C14H9ClF3NO3. The summed E-state index contributed by atoms with van der Waals surface area (Å²) >= 11 is 5.59. The molecule has 0 unspecified atom stereocenters. The molecule has 0 spiro atoms. The van der Waals surface area contributed by atoms with E-state index in [4.69, 9.17) is 11.6 Å². The van der Waals surface area contributed by atoms with Crippen LogP contribution in [0.25, 0.3) is 0 Å². The minimum Gasteiger partial charge on any atom is -0.468 e. The molecule has 1 aromatic rings. The zero-order chi connectivity index (χ0) is 16.5. The molecule has 22 heavy (non-hydrogen) atoms. The summed E-state index contributed by atoms with van der Waals surface area (Å²) in [7, 11) is 1.03. The van der Waals surface area contributed by atoms with Crippen molar-refractivity contribution in [2.45, 2.75) is 11.6 Å². The smallest absolute Gasteiger partial charge is 0.416 e. The van der Waals surface area contributed by atoms with Gasteiger partial charge in [-0.1, -0.05) is 23.7 Å². The van der Waals surface area contributed by atoms with Crippen LogP contribution in [-0.2, 0) is 25.9 Å². The van der Waals surface area contributed by atoms with E-state index in [1.54, 1.807) is 0 Å². The van der Waals surface area contributed by atoms with Gasteiger partial charge in [0.1, 0.15) is 5.16 Å². The third-order valence-corrected chi connectivity index (χ3v) is 3.38. The number of hydrogen-bond acceptors (Lipinski definition) is 4. The quantitative estimate of drug-likeness (QED) is 0.476. The number of aliphatic imine (C=N–C) groups is 1. The van der Waals surface area contributed by atoms with Crippen molar-refractivity contribution in [2.75, 3.05) is 7.11 Å². The lowest BCUT2D eigenvalue weighted by Gasteiger charge is -2.27. The van der Waals surface area contributed by atoms with E-state index in [1.807, 2.05) is 0 Å². The number of rotatable bonds is 2. The van der Waals surface area contributed by atoms with Crippen molar-refractivity contribution in [1.29, 1.82) is 0 Å². The van der Waals surface area contributed by atoms with Crippen molar-refractivity contribution in [3.05, 3.63) is 46.6 Å². The fourth-order valence-electron chi connectivity index (χ4n) is 2.07. The van der Waals surface area contributed by atoms with Crippen LogP contribution in [0.2, 0.25) is 0 Å². The Morgan fingerprint density at radius 2 is 2.05 bits per heavy atom. The maximum atomic E-state index is 12.8. The summed E-state index contributed by atoms with van der Waals surface area (Å²) in [6.07, 6.45) is -2.84. The number of ether oxygens (including phenoxy) is 1. The van der Waals surface area contributed by atoms with Gasteiger partial charge in [0, 0.05) is 12.3 Å². The Labute approximate surface area is 128 Å². The number of halogens is 4. The molecule has 1 aromatic carbocycles. The van der Waals surface area contributed by atoms with E-state index in [-0.39, 0.29) is 10.7 Å². The molecule has 0 radical (unpaired) electrons. The Morgan fingerprint density at radius 1 is 1.36 bits per heavy atom. The molecule has 0 aliphatic carbocycles. The Kier molecular flexibility index (Phi) is 4.10. The molecule has 8 heteroatoms. The Balaban J connectivity index is 2.65. The van der Waals surface area contributed by atoms with E-state index in [1.165, 1.54) is 6.07 Å². The van der Waals surface area contributed by atoms with E-state index in [0.29, 0.717) is 6.07 Å². The Hall–Kier alpha value is -2.15. The van der Waals surface area contributed by atoms with Gasteiger partial charge in [-0.05, 0) is 17.7 Å². The molecule has 1 heterocycles. The largest absolute Gasteiger partial charge is 0.468 e. The number of ketones is 1. The highest BCUT2D eigenvalue weighted by Gasteiger charge is 2.48. The zero-order valence-corrected chi connectivity index (χ0v) is 11.9. The van der Waals surface area contributed by atoms with Crippen LogP contribution in [0, 0.1) is 0 Å². The second-order valence-electron chi connectivity index (χ2n) is 4.47. The number of methoxy groups -OCH3 is 1. The van der Waals surface area contributed by atoms with Crippen molar-refractivity contribution in [3.8, 4) is 0 Å². The summed E-state index contributed by atoms with van der Waals surface area (Å²) in [5, 5.41) is -0.170. The first-order chi connectivity index (χ1) is 10.2. The van der Waals surface area contributed by atoms with Gasteiger partial charge in [-0.25, -0.2) is 4.99 Å². The highest BCUT2D eigenvalue weighted by Crippen LogP contribution is 2.35. The lowest BCUT2D eigenvalue weighted by atomic mass is 9.76. The van der Waals surface area contributed by atoms with Crippen LogP contribution < -0.4 is 0 Å². The maximum absolute atomic E-state index is 12.8. The molecule has 0 amide bonds. The average Bonchev–Trinajstić information content (AvgIpc) is 2.46. The molecule has 1 aliphatic heterocycles. The summed E-state index contributed by atoms with van der Waals surface area (Å²) in [6, 6.07) is 3.88. The number of alkyl halides is 3. The van der Waals surface area contributed by atoms with Crippen molar-refractivity contribution < 1.29 is 27.5 Å². The summed E-state index contributed by atoms with van der Waals surface area (Å²) in [4.78, 5) is 28.0. The van der Waals surface area contributed by atoms with Gasteiger partial charge < -0.3 is 4.74 Å². The van der Waals surface area contributed by atoms with Gasteiger partial charge >= 0.3 is 12.1 Å². The van der Waals surface area contributed by atoms with E-state index >= 15 is 0 Å². The fourth-order valence-corrected chi connectivity index (χ4v) is 2.22. The minimum absolute atomic E-state index is 0.170. The van der Waals surface area contributed by atoms with Crippen LogP contribution in [0.3, 0.4) is 0 Å². The topological polar surface area (TPSA) is 55.7 Å². The molecule has 0 saturated carbocycles. The van der Waals surface area contributed by atoms with Gasteiger partial charge in [0.15, 0.2) is 11.2 Å². The first kappa shape index (κ1) is 16.2. The van der Waals surface area contributed by atoms with Crippen molar-refractivity contribution in [1.82, 2.24) is 0 Å². The lowest BCUT2D eigenvalue weighted by molar-refractivity contribution is -0.147. The highest BCUT2D eigenvalue weighted by atomic mass is 35.5. The molecule has 0 bridgehead atoms. The van der Waals surface area contributed by atoms with Gasteiger partial charge in [-0.15, -0.1) is 0 Å². The number of allylic oxidation sites excluding steroid dienone is 1. The monoisotopic (exact) mass is 331 g/mol. The van der Waals surface area contributed by atoms with Gasteiger partial charge in [0.25, 0.3) is 0 Å². The van der Waals surface area contributed by atoms with Crippen LogP contribution in [0.1, 0.15) is 11.1 Å². The van der Waals surface area contributed by atoms with Crippen LogP contribution in [0.15, 0.2) is 40.5 Å². The molecule has 0 N–H and O–H groups in total. The molecule has 2 rings (SSSR count). The number of hydrogen-bond donors (Lipinski definition) is 0. The van der Waals surface area contributed by atoms with Gasteiger partial charge in [-0.2, -0.15) is 13.2 Å². The van der Waals surface area contributed by atoms with E-state index in [2.05, 4.69) is 9.73 Å². The molecule has 1 aliphatic rings. The van der Waals surface area contributed by atoms with Gasteiger partial charge in [0.2, 0.25) is 0 Å². The third-order valence-electron chi connectivity index (χ3n) is 3.17. The van der Waals surface area contributed by atoms with E-state index in [0.717, 1.165) is 31.5 Å². The second-order valence-corrected chi connectivity index (χ2v) is 4.85. The standard InChI is InChI=1S/C14H9ClF3NO3/c1-22-12(21)13(7-19-11(15)6-10(13)20)8-3-2-4-9(5-8)14(16,17)18/h2-7H,1H3/t13-/m1/s1. The van der Waals surface area contributed by atoms with Crippen molar-refractivity contribution in [3.63, 3.8) is 0 Å². The maximum Gasteiger partial charge on any atom is 0.416 e. The predicted molar refractivity (Wildman–Crippen MR) is 72.6 cm³/mol. The summed E-state index contributed by atoms with van der Waals surface area (Å²) in [5.74, 6) is -1.86. The Bertz CT molecular complexity index is 697. The number of carbonyl (C=O) groups is 2. The first-order valence-corrected chi connectivity index (χ1v) is 6.32. The van der Waals surface area contributed by atoms with Crippen LogP contribution in [-0.4, -0.2) is 25.1 Å². The predicted octanol–water partition coefficient (Wildman–Crippen LogP) is 2.85. The third kappa shape index (κ3) is 2.64. The van der Waals surface area contributed by atoms with Gasteiger partial charge in [-0.3, -0.25) is 9.59 Å². The number of carbonyl (C=O) groups excluding carboxylic acids is 2. The Morgan fingerprint density at radius 3 is 2.59 bits per heavy atom. The molecule has 0 aromatic heterocycles. The van der Waals surface area contributed by atoms with Crippen LogP contribution in [0.5, 0.6) is 0 Å². The van der Waals surface area contributed by atoms with Crippen molar-refractivity contribution in [2.24, 2.45) is 4.99 Å². The number of nitrogens with zero attached hydrogens (tertiary/aromatic N) is 1. The number of esters is 1. The summed E-state index contributed by atoms with van der Waals surface area (Å²) in [5.41, 5.74) is -3.26. The number of benzene rings is 1. The average molecular weight is 332 g/mol. The van der Waals surface area contributed by atoms with Crippen LogP contribution >= 0.6 is 11.6 Å². The fraction of sp³-hybridized carbons (Fsp3) is 0.214. The van der Waals surface area contributed by atoms with Gasteiger partial charge in [0.05, 0.1) is 12.7 Å². The van der Waals surface area contributed by atoms with E-state index in [9.17, 15) is 22.8 Å². The SMILES string of the molecule is COC(=O)[C@@]1(c2cccc(C(F)(F)F)c2)C=NC(Cl)=CC1=O. The molecule has 1 atom stereocenters. The van der Waals surface area contributed by atoms with Crippen LogP contribution in [0.4, 0.5) is 13.2 Å². The van der Waals surface area contributed by atoms with E-state index < -0.39 is 28.9 Å². The molecule has 0 fully saturated rings. The second kappa shape index (κ2) is 5.57. The summed E-state index contributed by atoms with van der Waals surface area (Å²) < 4.78 is 43.1. The highest BCUT2D eigenvalue weighted by molar-refractivity contribution is 6.36. The molecule has 116 valence electrons. The normalized spacial score (nSPS) is 21.5. The zero-order valence-electron chi connectivity index (χ0n) is 11.1. The minimum atomic E-state index is -4.62. The van der Waals surface area contributed by atoms with Crippen molar-refractivity contribution >= 4 is 29.6 Å². The lowest BCUT2D eigenvalue weighted by Crippen LogP contribution is -2.46. The first-order valence-electron chi connectivity index (χ1n) is 5.95. The molecule has 4 nitrogen and oxygen atoms in total. The summed E-state index contributed by atoms with van der Waals surface area (Å²) in [6.45, 7) is 0.